The molecule has 0 unspecified atom stereocenters. The predicted molar refractivity (Wildman–Crippen MR) is 86.7 cm³/mol. The first kappa shape index (κ1) is 17.7. The van der Waals surface area contributed by atoms with Crippen molar-refractivity contribution in [3.8, 4) is 0 Å². The van der Waals surface area contributed by atoms with Crippen molar-refractivity contribution in [2.75, 3.05) is 0 Å². The van der Waals surface area contributed by atoms with Crippen LogP contribution >= 0.6 is 11.7 Å². The number of rotatable bonds is 4. The van der Waals surface area contributed by atoms with E-state index in [1.165, 1.54) is 18.2 Å². The molecule has 0 bridgehead atoms. The minimum Gasteiger partial charge on any atom is -0.348 e. The number of hydrogen-bond acceptors (Lipinski definition) is 6. The molecule has 0 radical (unpaired) electrons. The average Bonchev–Trinajstić information content (AvgIpc) is 3.06. The molecule has 3 rings (SSSR count). The molecule has 11 heteroatoms. The molecule has 0 aliphatic rings. The molecule has 1 aromatic heterocycles. The normalized spacial score (nSPS) is 11.5. The molecule has 26 heavy (non-hydrogen) atoms. The summed E-state index contributed by atoms with van der Waals surface area (Å²) in [5.41, 5.74) is -0.680. The SMILES string of the molecule is O=C(NCc1cccc(C(F)(F)F)c1)c1cc([N+](=O)[O-])c2nsnc2c1. The van der Waals surface area contributed by atoms with Crippen LogP contribution in [-0.4, -0.2) is 19.6 Å². The monoisotopic (exact) mass is 382 g/mol. The number of nitrogens with one attached hydrogen (secondary N) is 1. The molecular weight excluding hydrogens is 373 g/mol. The summed E-state index contributed by atoms with van der Waals surface area (Å²) in [7, 11) is 0. The van der Waals surface area contributed by atoms with Gasteiger partial charge in [0.25, 0.3) is 11.6 Å². The van der Waals surface area contributed by atoms with Gasteiger partial charge in [0.15, 0.2) is 5.52 Å². The first-order valence-corrected chi connectivity index (χ1v) is 7.84. The van der Waals surface area contributed by atoms with Crippen molar-refractivity contribution in [2.24, 2.45) is 0 Å². The summed E-state index contributed by atoms with van der Waals surface area (Å²) in [6.07, 6.45) is -4.48. The second kappa shape index (κ2) is 6.67. The Morgan fingerprint density at radius 1 is 1.23 bits per heavy atom. The molecule has 0 fully saturated rings. The number of amides is 1. The number of carbonyl (C=O) groups excluding carboxylic acids is 1. The Bertz CT molecular complexity index is 1000. The highest BCUT2D eigenvalue weighted by molar-refractivity contribution is 7.00. The summed E-state index contributed by atoms with van der Waals surface area (Å²) in [4.78, 5) is 22.7. The Morgan fingerprint density at radius 2 is 2.00 bits per heavy atom. The van der Waals surface area contributed by atoms with Gasteiger partial charge in [0, 0.05) is 18.2 Å². The molecule has 0 atom stereocenters. The molecule has 134 valence electrons. The number of halogens is 3. The van der Waals surface area contributed by atoms with Gasteiger partial charge in [0.1, 0.15) is 5.52 Å². The zero-order valence-electron chi connectivity index (χ0n) is 12.8. The van der Waals surface area contributed by atoms with Crippen LogP contribution in [0.5, 0.6) is 0 Å². The molecule has 0 aliphatic heterocycles. The minimum atomic E-state index is -4.48. The van der Waals surface area contributed by atoms with E-state index in [2.05, 4.69) is 14.1 Å². The number of hydrogen-bond donors (Lipinski definition) is 1. The lowest BCUT2D eigenvalue weighted by Gasteiger charge is -2.09. The lowest BCUT2D eigenvalue weighted by molar-refractivity contribution is -0.383. The van der Waals surface area contributed by atoms with Gasteiger partial charge in [-0.25, -0.2) is 0 Å². The Balaban J connectivity index is 1.81. The van der Waals surface area contributed by atoms with Crippen molar-refractivity contribution in [2.45, 2.75) is 12.7 Å². The van der Waals surface area contributed by atoms with Gasteiger partial charge in [-0.1, -0.05) is 12.1 Å². The van der Waals surface area contributed by atoms with E-state index in [1.807, 2.05) is 0 Å². The zero-order valence-corrected chi connectivity index (χ0v) is 13.6. The first-order valence-electron chi connectivity index (χ1n) is 7.11. The van der Waals surface area contributed by atoms with Gasteiger partial charge in [0.05, 0.1) is 22.2 Å². The van der Waals surface area contributed by atoms with E-state index in [0.717, 1.165) is 29.9 Å². The van der Waals surface area contributed by atoms with Crippen molar-refractivity contribution >= 4 is 34.4 Å². The van der Waals surface area contributed by atoms with Crippen LogP contribution in [0.25, 0.3) is 11.0 Å². The van der Waals surface area contributed by atoms with Crippen LogP contribution in [0, 0.1) is 10.1 Å². The second-order valence-corrected chi connectivity index (χ2v) is 5.79. The third-order valence-corrected chi connectivity index (χ3v) is 4.05. The van der Waals surface area contributed by atoms with Crippen molar-refractivity contribution < 1.29 is 22.9 Å². The molecule has 0 saturated carbocycles. The fourth-order valence-electron chi connectivity index (χ4n) is 2.28. The molecule has 1 amide bonds. The van der Waals surface area contributed by atoms with Crippen LogP contribution in [0.1, 0.15) is 21.5 Å². The third kappa shape index (κ3) is 3.61. The molecule has 3 aromatic rings. The molecule has 2 aromatic carbocycles. The largest absolute Gasteiger partial charge is 0.416 e. The Kier molecular flexibility index (Phi) is 4.55. The Hall–Kier alpha value is -3.08. The fraction of sp³-hybridized carbons (Fsp3) is 0.133. The Labute approximate surface area is 147 Å². The number of nitro groups is 1. The van der Waals surface area contributed by atoms with E-state index in [-0.39, 0.29) is 34.4 Å². The van der Waals surface area contributed by atoms with Crippen LogP contribution in [0.2, 0.25) is 0 Å². The highest BCUT2D eigenvalue weighted by Gasteiger charge is 2.30. The van der Waals surface area contributed by atoms with E-state index in [9.17, 15) is 28.1 Å². The van der Waals surface area contributed by atoms with Crippen LogP contribution in [-0.2, 0) is 12.7 Å². The number of aromatic nitrogens is 2. The van der Waals surface area contributed by atoms with Crippen LogP contribution in [0.3, 0.4) is 0 Å². The van der Waals surface area contributed by atoms with E-state index in [4.69, 9.17) is 0 Å². The molecule has 7 nitrogen and oxygen atoms in total. The van der Waals surface area contributed by atoms with E-state index in [0.29, 0.717) is 0 Å². The predicted octanol–water partition coefficient (Wildman–Crippen LogP) is 3.55. The Morgan fingerprint density at radius 3 is 2.69 bits per heavy atom. The smallest absolute Gasteiger partial charge is 0.348 e. The van der Waals surface area contributed by atoms with Crippen LogP contribution in [0.4, 0.5) is 18.9 Å². The molecule has 1 N–H and O–H groups in total. The summed E-state index contributed by atoms with van der Waals surface area (Å²) in [5.74, 6) is -0.666. The van der Waals surface area contributed by atoms with Crippen molar-refractivity contribution in [3.63, 3.8) is 0 Å². The molecule has 0 spiro atoms. The number of non-ortho nitro benzene ring substituents is 1. The van der Waals surface area contributed by atoms with Gasteiger partial charge in [0.2, 0.25) is 0 Å². The lowest BCUT2D eigenvalue weighted by atomic mass is 10.1. The molecule has 1 heterocycles. The van der Waals surface area contributed by atoms with Gasteiger partial charge in [-0.05, 0) is 23.8 Å². The van der Waals surface area contributed by atoms with Gasteiger partial charge in [-0.15, -0.1) is 0 Å². The highest BCUT2D eigenvalue weighted by Crippen LogP contribution is 2.29. The zero-order chi connectivity index (χ0) is 18.9. The van der Waals surface area contributed by atoms with Gasteiger partial charge in [-0.2, -0.15) is 21.9 Å². The van der Waals surface area contributed by atoms with Gasteiger partial charge < -0.3 is 5.32 Å². The van der Waals surface area contributed by atoms with E-state index < -0.39 is 22.6 Å². The summed E-state index contributed by atoms with van der Waals surface area (Å²) in [5, 5.41) is 13.5. The van der Waals surface area contributed by atoms with E-state index in [1.54, 1.807) is 0 Å². The number of nitrogens with zero attached hydrogens (tertiary/aromatic N) is 3. The number of benzene rings is 2. The van der Waals surface area contributed by atoms with Crippen molar-refractivity contribution in [3.05, 3.63) is 63.2 Å². The molecular formula is C15H9F3N4O3S. The second-order valence-electron chi connectivity index (χ2n) is 5.27. The number of nitro benzene ring substituents is 1. The standard InChI is InChI=1S/C15H9F3N4O3S/c16-15(17,18)10-3-1-2-8(4-10)7-19-14(23)9-5-11-13(21-26-20-11)12(6-9)22(24)25/h1-6H,7H2,(H,19,23). The van der Waals surface area contributed by atoms with Gasteiger partial charge >= 0.3 is 6.18 Å². The molecule has 0 aliphatic carbocycles. The van der Waals surface area contributed by atoms with Crippen LogP contribution < -0.4 is 5.32 Å². The maximum atomic E-state index is 12.7. The number of carbonyl (C=O) groups is 1. The van der Waals surface area contributed by atoms with E-state index >= 15 is 0 Å². The first-order chi connectivity index (χ1) is 12.3. The quantitative estimate of drug-likeness (QED) is 0.550. The highest BCUT2D eigenvalue weighted by atomic mass is 32.1. The molecule has 0 saturated heterocycles. The van der Waals surface area contributed by atoms with Crippen LogP contribution in [0.15, 0.2) is 36.4 Å². The lowest BCUT2D eigenvalue weighted by Crippen LogP contribution is -2.23. The number of fused-ring (bicyclic) bond motifs is 1. The summed E-state index contributed by atoms with van der Waals surface area (Å²) in [6, 6.07) is 6.93. The maximum absolute atomic E-state index is 12.7. The summed E-state index contributed by atoms with van der Waals surface area (Å²) in [6.45, 7) is -0.163. The van der Waals surface area contributed by atoms with Crippen molar-refractivity contribution in [1.82, 2.24) is 14.1 Å². The fourth-order valence-corrected chi connectivity index (χ4v) is 2.82. The van der Waals surface area contributed by atoms with Gasteiger partial charge in [-0.3, -0.25) is 14.9 Å². The maximum Gasteiger partial charge on any atom is 0.416 e. The summed E-state index contributed by atoms with van der Waals surface area (Å²) >= 11 is 0.776. The third-order valence-electron chi connectivity index (χ3n) is 3.51. The minimum absolute atomic E-state index is 0.0242. The topological polar surface area (TPSA) is 98.0 Å². The van der Waals surface area contributed by atoms with Crippen molar-refractivity contribution in [1.29, 1.82) is 0 Å². The summed E-state index contributed by atoms with van der Waals surface area (Å²) < 4.78 is 45.8. The average molecular weight is 382 g/mol. The number of alkyl halides is 3.